The molecule has 1 aliphatic carbocycles. The number of carbonyl (C=O) groups is 2. The van der Waals surface area contributed by atoms with Crippen molar-refractivity contribution in [3.05, 3.63) is 69.1 Å². The van der Waals surface area contributed by atoms with Crippen molar-refractivity contribution in [2.45, 2.75) is 12.8 Å². The molecule has 2 aromatic carbocycles. The number of amides is 1. The molecule has 1 aromatic heterocycles. The quantitative estimate of drug-likeness (QED) is 0.543. The number of benzene rings is 2. The predicted octanol–water partition coefficient (Wildman–Crippen LogP) is 5.47. The van der Waals surface area contributed by atoms with Crippen molar-refractivity contribution in [2.75, 3.05) is 11.9 Å². The number of ketones is 1. The maximum absolute atomic E-state index is 12.2. The zero-order valence-electron chi connectivity index (χ0n) is 14.4. The monoisotopic (exact) mass is 442 g/mol. The first-order valence-corrected chi connectivity index (χ1v) is 9.95. The van der Waals surface area contributed by atoms with Crippen molar-refractivity contribution in [1.29, 1.82) is 0 Å². The second-order valence-electron chi connectivity index (χ2n) is 6.15. The largest absolute Gasteiger partial charge is 0.448 e. The van der Waals surface area contributed by atoms with Crippen LogP contribution in [-0.2, 0) is 4.74 Å². The van der Waals surface area contributed by atoms with Crippen LogP contribution < -0.4 is 5.32 Å². The number of halogens is 1. The molecular weight excluding hydrogens is 428 g/mol. The number of rotatable bonds is 4. The third-order valence-electron chi connectivity index (χ3n) is 4.47. The summed E-state index contributed by atoms with van der Waals surface area (Å²) in [5.41, 5.74) is 4.97. The van der Waals surface area contributed by atoms with Gasteiger partial charge in [0, 0.05) is 12.8 Å². The summed E-state index contributed by atoms with van der Waals surface area (Å²) in [6.07, 6.45) is -0.590. The number of anilines is 1. The summed E-state index contributed by atoms with van der Waals surface area (Å²) in [5, 5.41) is 2.92. The fraction of sp³-hybridized carbons (Fsp3) is 0.150. The van der Waals surface area contributed by atoms with Gasteiger partial charge in [0.25, 0.3) is 0 Å². The van der Waals surface area contributed by atoms with E-state index in [4.69, 9.17) is 4.74 Å². The Morgan fingerprint density at radius 2 is 1.70 bits per heavy atom. The van der Waals surface area contributed by atoms with Crippen molar-refractivity contribution >= 4 is 44.3 Å². The highest BCUT2D eigenvalue weighted by Gasteiger charge is 2.29. The van der Waals surface area contributed by atoms with Crippen LogP contribution in [0.25, 0.3) is 11.1 Å². The van der Waals surface area contributed by atoms with Gasteiger partial charge in [-0.05, 0) is 38.2 Å². The molecule has 0 saturated carbocycles. The van der Waals surface area contributed by atoms with E-state index >= 15 is 0 Å². The zero-order chi connectivity index (χ0) is 19.0. The number of aromatic nitrogens is 1. The lowest BCUT2D eigenvalue weighted by Crippen LogP contribution is -2.17. The van der Waals surface area contributed by atoms with Crippen LogP contribution in [0.5, 0.6) is 0 Å². The van der Waals surface area contributed by atoms with E-state index in [9.17, 15) is 9.59 Å². The normalized spacial score (nSPS) is 12.4. The summed E-state index contributed by atoms with van der Waals surface area (Å²) >= 11 is 4.46. The Hall–Kier alpha value is -2.51. The summed E-state index contributed by atoms with van der Waals surface area (Å²) in [7, 11) is 0. The lowest BCUT2D eigenvalue weighted by Gasteiger charge is -2.14. The van der Waals surface area contributed by atoms with E-state index < -0.39 is 6.09 Å². The molecule has 0 aliphatic heterocycles. The van der Waals surface area contributed by atoms with E-state index in [1.54, 1.807) is 0 Å². The van der Waals surface area contributed by atoms with Crippen LogP contribution in [-0.4, -0.2) is 23.5 Å². The van der Waals surface area contributed by atoms with Crippen LogP contribution in [0.4, 0.5) is 9.93 Å². The van der Waals surface area contributed by atoms with E-state index in [1.165, 1.54) is 29.4 Å². The van der Waals surface area contributed by atoms with Gasteiger partial charge in [0.2, 0.25) is 0 Å². The fourth-order valence-corrected chi connectivity index (χ4v) is 4.85. The number of thiazole rings is 1. The molecule has 5 nitrogen and oxygen atoms in total. The van der Waals surface area contributed by atoms with Crippen molar-refractivity contribution in [2.24, 2.45) is 0 Å². The van der Waals surface area contributed by atoms with Gasteiger partial charge in [0.1, 0.15) is 16.1 Å². The highest BCUT2D eigenvalue weighted by molar-refractivity contribution is 9.11. The summed E-state index contributed by atoms with van der Waals surface area (Å²) in [6, 6.07) is 16.3. The Kier molecular flexibility index (Phi) is 4.80. The van der Waals surface area contributed by atoms with Gasteiger partial charge >= 0.3 is 6.09 Å². The first-order valence-electron chi connectivity index (χ1n) is 8.34. The highest BCUT2D eigenvalue weighted by Crippen LogP contribution is 2.44. The van der Waals surface area contributed by atoms with Gasteiger partial charge in [0.15, 0.2) is 10.9 Å². The minimum atomic E-state index is -0.590. The van der Waals surface area contributed by atoms with Crippen LogP contribution >= 0.6 is 27.3 Å². The Morgan fingerprint density at radius 3 is 2.26 bits per heavy atom. The number of ether oxygens (including phenoxy) is 1. The molecule has 4 rings (SSSR count). The standard InChI is InChI=1S/C20H15BrN2O3S/c1-11(24)17-18(21)27-19(22-17)23-20(25)26-10-16-14-8-4-2-6-12(14)13-7-3-5-9-15(13)16/h2-9,16H,10H2,1H3,(H,22,23,25). The Bertz CT molecular complexity index is 1000. The third-order valence-corrected chi connectivity index (χ3v) is 6.09. The van der Waals surface area contributed by atoms with Gasteiger partial charge in [-0.1, -0.05) is 59.9 Å². The minimum Gasteiger partial charge on any atom is -0.448 e. The van der Waals surface area contributed by atoms with Gasteiger partial charge in [-0.25, -0.2) is 9.78 Å². The molecule has 0 saturated heterocycles. The second-order valence-corrected chi connectivity index (χ2v) is 8.47. The molecule has 0 unspecified atom stereocenters. The van der Waals surface area contributed by atoms with Crippen molar-refractivity contribution in [1.82, 2.24) is 4.98 Å². The molecule has 7 heteroatoms. The van der Waals surface area contributed by atoms with Crippen LogP contribution in [0.2, 0.25) is 0 Å². The SMILES string of the molecule is CC(=O)c1nc(NC(=O)OCC2c3ccccc3-c3ccccc32)sc1Br. The summed E-state index contributed by atoms with van der Waals surface area (Å²) in [5.74, 6) is -0.169. The molecule has 1 heterocycles. The third kappa shape index (κ3) is 3.40. The smallest absolute Gasteiger partial charge is 0.413 e. The van der Waals surface area contributed by atoms with Crippen molar-refractivity contribution in [3.63, 3.8) is 0 Å². The minimum absolute atomic E-state index is 0.000962. The first-order chi connectivity index (χ1) is 13.0. The van der Waals surface area contributed by atoms with Gasteiger partial charge in [0.05, 0.1) is 0 Å². The second kappa shape index (κ2) is 7.25. The number of fused-ring (bicyclic) bond motifs is 3. The van der Waals surface area contributed by atoms with E-state index in [-0.39, 0.29) is 18.3 Å². The Morgan fingerprint density at radius 1 is 1.11 bits per heavy atom. The molecule has 0 bridgehead atoms. The number of hydrogen-bond donors (Lipinski definition) is 1. The maximum Gasteiger partial charge on any atom is 0.413 e. The number of nitrogens with one attached hydrogen (secondary N) is 1. The molecule has 0 atom stereocenters. The average molecular weight is 443 g/mol. The molecule has 0 radical (unpaired) electrons. The van der Waals surface area contributed by atoms with Gasteiger partial charge in [-0.15, -0.1) is 0 Å². The molecule has 3 aromatic rings. The lowest BCUT2D eigenvalue weighted by molar-refractivity contribution is 0.101. The average Bonchev–Trinajstić information content (AvgIpc) is 3.18. The lowest BCUT2D eigenvalue weighted by atomic mass is 9.98. The summed E-state index contributed by atoms with van der Waals surface area (Å²) in [4.78, 5) is 27.8. The molecule has 27 heavy (non-hydrogen) atoms. The van der Waals surface area contributed by atoms with Crippen LogP contribution in [0.15, 0.2) is 52.3 Å². The molecule has 1 N–H and O–H groups in total. The number of Topliss-reactive ketones (excluding diaryl/α,β-unsaturated/α-hetero) is 1. The van der Waals surface area contributed by atoms with Crippen molar-refractivity contribution in [3.8, 4) is 11.1 Å². The molecule has 0 spiro atoms. The van der Waals surface area contributed by atoms with E-state index in [0.29, 0.717) is 14.6 Å². The van der Waals surface area contributed by atoms with Crippen LogP contribution in [0.3, 0.4) is 0 Å². The predicted molar refractivity (Wildman–Crippen MR) is 109 cm³/mol. The summed E-state index contributed by atoms with van der Waals surface area (Å²) in [6.45, 7) is 1.66. The van der Waals surface area contributed by atoms with Gasteiger partial charge in [-0.2, -0.15) is 0 Å². The Labute approximate surface area is 168 Å². The Balaban J connectivity index is 1.48. The van der Waals surface area contributed by atoms with E-state index in [2.05, 4.69) is 50.5 Å². The molecule has 1 aliphatic rings. The van der Waals surface area contributed by atoms with Crippen molar-refractivity contribution < 1.29 is 14.3 Å². The molecule has 0 fully saturated rings. The van der Waals surface area contributed by atoms with Gasteiger partial charge in [-0.3, -0.25) is 10.1 Å². The van der Waals surface area contributed by atoms with E-state index in [1.807, 2.05) is 24.3 Å². The molecular formula is C20H15BrN2O3S. The molecule has 1 amide bonds. The summed E-state index contributed by atoms with van der Waals surface area (Å²) < 4.78 is 6.06. The van der Waals surface area contributed by atoms with E-state index in [0.717, 1.165) is 11.1 Å². The number of hydrogen-bond acceptors (Lipinski definition) is 5. The first kappa shape index (κ1) is 17.9. The highest BCUT2D eigenvalue weighted by atomic mass is 79.9. The zero-order valence-corrected chi connectivity index (χ0v) is 16.8. The topological polar surface area (TPSA) is 68.3 Å². The molecule has 136 valence electrons. The number of nitrogens with zero attached hydrogens (tertiary/aromatic N) is 1. The fourth-order valence-electron chi connectivity index (χ4n) is 3.29. The maximum atomic E-state index is 12.2. The van der Waals surface area contributed by atoms with Gasteiger partial charge < -0.3 is 4.74 Å². The van der Waals surface area contributed by atoms with Crippen LogP contribution in [0, 0.1) is 0 Å². The number of carbonyl (C=O) groups excluding carboxylic acids is 2. The van der Waals surface area contributed by atoms with Crippen LogP contribution in [0.1, 0.15) is 34.5 Å².